The summed E-state index contributed by atoms with van der Waals surface area (Å²) in [5.41, 5.74) is 2.77. The van der Waals surface area contributed by atoms with E-state index in [4.69, 9.17) is 16.3 Å². The molecule has 1 saturated heterocycles. The third-order valence-corrected chi connectivity index (χ3v) is 6.39. The Labute approximate surface area is 217 Å². The standard InChI is InChI=1S/C30H30ClNO4/c1-18(2)36-24-16-14-23(15-17-24)32-26(19-6-10-21(11-7-19)30(3,4)5)25(28(34)29(32)35)27(33)20-8-12-22(31)13-9-20/h6-18,26,33H,1-5H3/b27-25-. The number of amides is 1. The van der Waals surface area contributed by atoms with Crippen LogP contribution in [0.25, 0.3) is 5.76 Å². The van der Waals surface area contributed by atoms with Gasteiger partial charge in [0, 0.05) is 16.3 Å². The van der Waals surface area contributed by atoms with Crippen LogP contribution >= 0.6 is 11.6 Å². The molecule has 6 heteroatoms. The number of carbonyl (C=O) groups excluding carboxylic acids is 2. The Morgan fingerprint density at radius 2 is 1.50 bits per heavy atom. The molecule has 1 fully saturated rings. The first-order valence-corrected chi connectivity index (χ1v) is 12.3. The summed E-state index contributed by atoms with van der Waals surface area (Å²) in [5.74, 6) is -1.02. The van der Waals surface area contributed by atoms with Gasteiger partial charge in [-0.05, 0) is 78.9 Å². The number of anilines is 1. The van der Waals surface area contributed by atoms with Gasteiger partial charge in [-0.1, -0.05) is 56.6 Å². The van der Waals surface area contributed by atoms with E-state index in [1.807, 2.05) is 38.1 Å². The van der Waals surface area contributed by atoms with Crippen molar-refractivity contribution in [3.8, 4) is 5.75 Å². The average molecular weight is 504 g/mol. The molecule has 1 heterocycles. The van der Waals surface area contributed by atoms with E-state index in [9.17, 15) is 14.7 Å². The number of hydrogen-bond acceptors (Lipinski definition) is 4. The molecule has 186 valence electrons. The molecular formula is C30H30ClNO4. The molecule has 4 rings (SSSR count). The molecule has 3 aromatic rings. The van der Waals surface area contributed by atoms with E-state index in [2.05, 4.69) is 20.8 Å². The van der Waals surface area contributed by atoms with Crippen molar-refractivity contribution in [1.82, 2.24) is 0 Å². The van der Waals surface area contributed by atoms with E-state index in [1.165, 1.54) is 4.90 Å². The number of ketones is 1. The van der Waals surface area contributed by atoms with Gasteiger partial charge in [0.2, 0.25) is 0 Å². The lowest BCUT2D eigenvalue weighted by Crippen LogP contribution is -2.29. The van der Waals surface area contributed by atoms with Crippen molar-refractivity contribution in [2.75, 3.05) is 4.90 Å². The number of aliphatic hydroxyl groups is 1. The SMILES string of the molecule is CC(C)Oc1ccc(N2C(=O)C(=O)/C(=C(\O)c3ccc(Cl)cc3)C2c2ccc(C(C)(C)C)cc2)cc1. The van der Waals surface area contributed by atoms with Gasteiger partial charge in [-0.2, -0.15) is 0 Å². The van der Waals surface area contributed by atoms with Gasteiger partial charge in [0.15, 0.2) is 0 Å². The maximum atomic E-state index is 13.4. The van der Waals surface area contributed by atoms with Crippen molar-refractivity contribution in [2.24, 2.45) is 0 Å². The van der Waals surface area contributed by atoms with E-state index in [0.717, 1.165) is 11.1 Å². The molecule has 3 aromatic carbocycles. The summed E-state index contributed by atoms with van der Waals surface area (Å²) < 4.78 is 5.73. The van der Waals surface area contributed by atoms with Gasteiger partial charge in [-0.15, -0.1) is 0 Å². The first-order chi connectivity index (χ1) is 17.0. The molecule has 1 unspecified atom stereocenters. The van der Waals surface area contributed by atoms with Crippen LogP contribution in [0.1, 0.15) is 57.4 Å². The fourth-order valence-electron chi connectivity index (χ4n) is 4.30. The summed E-state index contributed by atoms with van der Waals surface area (Å²) in [6.07, 6.45) is 0.00536. The Kier molecular flexibility index (Phi) is 6.96. The molecule has 0 bridgehead atoms. The molecule has 5 nitrogen and oxygen atoms in total. The second kappa shape index (κ2) is 9.82. The molecule has 1 aliphatic heterocycles. The first kappa shape index (κ1) is 25.5. The number of benzene rings is 3. The molecule has 0 saturated carbocycles. The largest absolute Gasteiger partial charge is 0.507 e. The monoisotopic (exact) mass is 503 g/mol. The van der Waals surface area contributed by atoms with Crippen molar-refractivity contribution < 1.29 is 19.4 Å². The number of Topliss-reactive ketones (excluding diaryl/α,β-unsaturated/α-hetero) is 1. The van der Waals surface area contributed by atoms with Crippen LogP contribution in [0.5, 0.6) is 5.75 Å². The predicted octanol–water partition coefficient (Wildman–Crippen LogP) is 7.05. The van der Waals surface area contributed by atoms with Gasteiger partial charge in [-0.3, -0.25) is 14.5 Å². The van der Waals surface area contributed by atoms with Crippen LogP contribution < -0.4 is 9.64 Å². The molecule has 0 aliphatic carbocycles. The minimum absolute atomic E-state index is 0.00536. The molecule has 0 spiro atoms. The maximum absolute atomic E-state index is 13.4. The number of nitrogens with zero attached hydrogens (tertiary/aromatic N) is 1. The number of rotatable bonds is 5. The van der Waals surface area contributed by atoms with Crippen molar-refractivity contribution >= 4 is 34.7 Å². The average Bonchev–Trinajstić information content (AvgIpc) is 3.09. The summed E-state index contributed by atoms with van der Waals surface area (Å²) in [6.45, 7) is 10.2. The minimum atomic E-state index is -0.799. The van der Waals surface area contributed by atoms with E-state index in [1.54, 1.807) is 48.5 Å². The lowest BCUT2D eigenvalue weighted by molar-refractivity contribution is -0.132. The molecule has 1 aliphatic rings. The highest BCUT2D eigenvalue weighted by molar-refractivity contribution is 6.51. The number of hydrogen-bond donors (Lipinski definition) is 1. The number of aliphatic hydroxyl groups excluding tert-OH is 1. The molecule has 0 aromatic heterocycles. The molecule has 1 amide bonds. The summed E-state index contributed by atoms with van der Waals surface area (Å²) in [7, 11) is 0. The van der Waals surface area contributed by atoms with E-state index >= 15 is 0 Å². The second-order valence-corrected chi connectivity index (χ2v) is 10.6. The highest BCUT2D eigenvalue weighted by atomic mass is 35.5. The van der Waals surface area contributed by atoms with Crippen LogP contribution in [0.15, 0.2) is 78.4 Å². The van der Waals surface area contributed by atoms with Crippen LogP contribution in [-0.4, -0.2) is 22.9 Å². The summed E-state index contributed by atoms with van der Waals surface area (Å²) in [6, 6.07) is 20.6. The van der Waals surface area contributed by atoms with Gasteiger partial charge in [-0.25, -0.2) is 0 Å². The lowest BCUT2D eigenvalue weighted by Gasteiger charge is -2.27. The smallest absolute Gasteiger partial charge is 0.300 e. The molecule has 36 heavy (non-hydrogen) atoms. The van der Waals surface area contributed by atoms with Gasteiger partial charge < -0.3 is 9.84 Å². The minimum Gasteiger partial charge on any atom is -0.507 e. The van der Waals surface area contributed by atoms with E-state index in [0.29, 0.717) is 22.0 Å². The molecule has 1 atom stereocenters. The molecule has 1 N–H and O–H groups in total. The van der Waals surface area contributed by atoms with Crippen LogP contribution in [0.2, 0.25) is 5.02 Å². The van der Waals surface area contributed by atoms with Crippen LogP contribution in [-0.2, 0) is 15.0 Å². The zero-order chi connectivity index (χ0) is 26.2. The van der Waals surface area contributed by atoms with Crippen molar-refractivity contribution in [3.63, 3.8) is 0 Å². The Balaban J connectivity index is 1.87. The van der Waals surface area contributed by atoms with Gasteiger partial charge >= 0.3 is 0 Å². The Hall–Kier alpha value is -3.57. The van der Waals surface area contributed by atoms with Crippen molar-refractivity contribution in [3.05, 3.63) is 100 Å². The second-order valence-electron chi connectivity index (χ2n) is 10.2. The van der Waals surface area contributed by atoms with Crippen molar-refractivity contribution in [1.29, 1.82) is 0 Å². The summed E-state index contributed by atoms with van der Waals surface area (Å²) in [4.78, 5) is 28.1. The maximum Gasteiger partial charge on any atom is 0.300 e. The number of halogens is 1. The lowest BCUT2D eigenvalue weighted by atomic mass is 9.85. The topological polar surface area (TPSA) is 66.8 Å². The number of carbonyl (C=O) groups is 2. The third kappa shape index (κ3) is 5.02. The van der Waals surface area contributed by atoms with Gasteiger partial charge in [0.05, 0.1) is 17.7 Å². The Morgan fingerprint density at radius 3 is 2.03 bits per heavy atom. The predicted molar refractivity (Wildman–Crippen MR) is 144 cm³/mol. The van der Waals surface area contributed by atoms with Crippen LogP contribution in [0, 0.1) is 0 Å². The molecule has 0 radical (unpaired) electrons. The van der Waals surface area contributed by atoms with E-state index < -0.39 is 17.7 Å². The number of ether oxygens (including phenoxy) is 1. The molecular weight excluding hydrogens is 474 g/mol. The van der Waals surface area contributed by atoms with Crippen LogP contribution in [0.4, 0.5) is 5.69 Å². The van der Waals surface area contributed by atoms with Gasteiger partial charge in [0.1, 0.15) is 11.5 Å². The summed E-state index contributed by atoms with van der Waals surface area (Å²) >= 11 is 6.01. The zero-order valence-corrected chi connectivity index (χ0v) is 21.8. The van der Waals surface area contributed by atoms with Gasteiger partial charge in [0.25, 0.3) is 11.7 Å². The summed E-state index contributed by atoms with van der Waals surface area (Å²) in [5, 5.41) is 11.7. The Bertz CT molecular complexity index is 1300. The fraction of sp³-hybridized carbons (Fsp3) is 0.267. The fourth-order valence-corrected chi connectivity index (χ4v) is 4.43. The third-order valence-electron chi connectivity index (χ3n) is 6.14. The normalized spacial score (nSPS) is 17.6. The quantitative estimate of drug-likeness (QED) is 0.230. The first-order valence-electron chi connectivity index (χ1n) is 11.9. The Morgan fingerprint density at radius 1 is 0.917 bits per heavy atom. The zero-order valence-electron chi connectivity index (χ0n) is 21.1. The van der Waals surface area contributed by atoms with Crippen molar-refractivity contribution in [2.45, 2.75) is 52.2 Å². The van der Waals surface area contributed by atoms with E-state index in [-0.39, 0.29) is 22.9 Å². The highest BCUT2D eigenvalue weighted by Gasteiger charge is 2.47. The highest BCUT2D eigenvalue weighted by Crippen LogP contribution is 2.43. The van der Waals surface area contributed by atoms with Crippen LogP contribution in [0.3, 0.4) is 0 Å².